The first-order valence-electron chi connectivity index (χ1n) is 7.22. The van der Waals surface area contributed by atoms with Gasteiger partial charge in [0.2, 0.25) is 5.91 Å². The molecule has 0 spiro atoms. The molecule has 2 aromatic rings. The van der Waals surface area contributed by atoms with Gasteiger partial charge in [-0.05, 0) is 33.3 Å². The van der Waals surface area contributed by atoms with Crippen LogP contribution < -0.4 is 10.9 Å². The van der Waals surface area contributed by atoms with E-state index in [1.165, 1.54) is 15.9 Å². The lowest BCUT2D eigenvalue weighted by Crippen LogP contribution is -2.38. The average Bonchev–Trinajstić information content (AvgIpc) is 2.73. The van der Waals surface area contributed by atoms with Crippen LogP contribution in [-0.2, 0) is 9.59 Å². The summed E-state index contributed by atoms with van der Waals surface area (Å²) in [4.78, 5) is 41.6. The molecule has 1 atom stereocenters. The van der Waals surface area contributed by atoms with E-state index >= 15 is 0 Å². The zero-order valence-electron chi connectivity index (χ0n) is 13.5. The van der Waals surface area contributed by atoms with E-state index < -0.39 is 17.9 Å². The second-order valence-corrected chi connectivity index (χ2v) is 6.61. The van der Waals surface area contributed by atoms with E-state index in [0.29, 0.717) is 16.0 Å². The number of aliphatic carboxylic acids is 1. The van der Waals surface area contributed by atoms with Crippen molar-refractivity contribution < 1.29 is 14.7 Å². The van der Waals surface area contributed by atoms with Gasteiger partial charge in [-0.3, -0.25) is 19.0 Å². The van der Waals surface area contributed by atoms with Gasteiger partial charge in [-0.2, -0.15) is 0 Å². The number of aromatic nitrogens is 2. The number of aryl methyl sites for hydroxylation is 3. The molecular weight excluding hydrogens is 318 g/mol. The van der Waals surface area contributed by atoms with E-state index in [0.717, 1.165) is 10.4 Å². The number of hydrogen-bond acceptors (Lipinski definition) is 5. The van der Waals surface area contributed by atoms with Gasteiger partial charge in [0.25, 0.3) is 5.56 Å². The molecule has 0 bridgehead atoms. The number of thiophene rings is 1. The van der Waals surface area contributed by atoms with Gasteiger partial charge in [-0.15, -0.1) is 11.3 Å². The predicted octanol–water partition coefficient (Wildman–Crippen LogP) is 1.54. The summed E-state index contributed by atoms with van der Waals surface area (Å²) in [6, 6.07) is -0.757. The summed E-state index contributed by atoms with van der Waals surface area (Å²) in [5.74, 6) is -0.925. The maximum atomic E-state index is 12.8. The van der Waals surface area contributed by atoms with Crippen molar-refractivity contribution in [3.63, 3.8) is 0 Å². The molecule has 2 aromatic heterocycles. The third-order valence-electron chi connectivity index (χ3n) is 3.82. The number of hydrogen-bond donors (Lipinski definition) is 2. The molecule has 0 aromatic carbocycles. The molecule has 7 nitrogen and oxygen atoms in total. The Labute approximate surface area is 137 Å². The van der Waals surface area contributed by atoms with Crippen molar-refractivity contribution in [2.45, 2.75) is 40.2 Å². The van der Waals surface area contributed by atoms with Gasteiger partial charge in [-0.25, -0.2) is 4.98 Å². The first-order chi connectivity index (χ1) is 10.7. The fourth-order valence-corrected chi connectivity index (χ4v) is 3.49. The minimum Gasteiger partial charge on any atom is -0.481 e. The number of rotatable bonds is 5. The lowest BCUT2D eigenvalue weighted by atomic mass is 10.2. The molecule has 8 heteroatoms. The standard InChI is InChI=1S/C15H19N3O4S/c1-7-9(3)23-14-12(7)15(22)18(10(4)17-14)8(2)13(21)16-6-5-11(19)20/h8H,5-6H2,1-4H3,(H,16,21)(H,19,20). The van der Waals surface area contributed by atoms with E-state index in [9.17, 15) is 14.4 Å². The molecule has 23 heavy (non-hydrogen) atoms. The second-order valence-electron chi connectivity index (χ2n) is 5.41. The number of carboxylic acids is 1. The van der Waals surface area contributed by atoms with Crippen molar-refractivity contribution in [3.8, 4) is 0 Å². The van der Waals surface area contributed by atoms with Crippen LogP contribution in [0.5, 0.6) is 0 Å². The lowest BCUT2D eigenvalue weighted by molar-refractivity contribution is -0.137. The van der Waals surface area contributed by atoms with Crippen LogP contribution in [0.15, 0.2) is 4.79 Å². The molecule has 2 heterocycles. The van der Waals surface area contributed by atoms with Gasteiger partial charge in [0, 0.05) is 11.4 Å². The van der Waals surface area contributed by atoms with Gasteiger partial charge in [0.15, 0.2) is 0 Å². The van der Waals surface area contributed by atoms with Gasteiger partial charge in [-0.1, -0.05) is 0 Å². The number of carbonyl (C=O) groups is 2. The molecule has 0 aliphatic rings. The van der Waals surface area contributed by atoms with Crippen molar-refractivity contribution >= 4 is 33.4 Å². The third-order valence-corrected chi connectivity index (χ3v) is 4.92. The molecule has 0 aliphatic heterocycles. The van der Waals surface area contributed by atoms with Gasteiger partial charge >= 0.3 is 5.97 Å². The number of fused-ring (bicyclic) bond motifs is 1. The Bertz CT molecular complexity index is 837. The molecule has 1 amide bonds. The highest BCUT2D eigenvalue weighted by atomic mass is 32.1. The predicted molar refractivity (Wildman–Crippen MR) is 88.1 cm³/mol. The Morgan fingerprint density at radius 3 is 2.61 bits per heavy atom. The van der Waals surface area contributed by atoms with Crippen LogP contribution in [0, 0.1) is 20.8 Å². The van der Waals surface area contributed by atoms with Crippen LogP contribution in [-0.4, -0.2) is 33.1 Å². The highest BCUT2D eigenvalue weighted by Gasteiger charge is 2.22. The summed E-state index contributed by atoms with van der Waals surface area (Å²) >= 11 is 1.46. The highest BCUT2D eigenvalue weighted by Crippen LogP contribution is 2.26. The molecule has 0 saturated heterocycles. The first-order valence-corrected chi connectivity index (χ1v) is 8.04. The number of carboxylic acid groups (broad SMARTS) is 1. The topological polar surface area (TPSA) is 101 Å². The maximum Gasteiger partial charge on any atom is 0.305 e. The van der Waals surface area contributed by atoms with E-state index in [1.54, 1.807) is 13.8 Å². The first kappa shape index (κ1) is 17.1. The Morgan fingerprint density at radius 2 is 2.00 bits per heavy atom. The summed E-state index contributed by atoms with van der Waals surface area (Å²) < 4.78 is 1.36. The number of nitrogens with zero attached hydrogens (tertiary/aromatic N) is 2. The summed E-state index contributed by atoms with van der Waals surface area (Å²) in [5, 5.41) is 11.7. The molecule has 0 saturated carbocycles. The zero-order chi connectivity index (χ0) is 17.3. The number of amides is 1. The quantitative estimate of drug-likeness (QED) is 0.862. The monoisotopic (exact) mass is 337 g/mol. The molecule has 2 N–H and O–H groups in total. The summed E-state index contributed by atoms with van der Waals surface area (Å²) in [7, 11) is 0. The van der Waals surface area contributed by atoms with Crippen molar-refractivity contribution in [1.82, 2.24) is 14.9 Å². The molecular formula is C15H19N3O4S. The smallest absolute Gasteiger partial charge is 0.305 e. The number of nitrogens with one attached hydrogen (secondary N) is 1. The van der Waals surface area contributed by atoms with Crippen molar-refractivity contribution in [2.24, 2.45) is 0 Å². The molecule has 0 fully saturated rings. The zero-order valence-corrected chi connectivity index (χ0v) is 14.3. The third kappa shape index (κ3) is 3.26. The Kier molecular flexibility index (Phi) is 4.84. The minimum atomic E-state index is -0.987. The summed E-state index contributed by atoms with van der Waals surface area (Å²) in [6.45, 7) is 7.12. The van der Waals surface area contributed by atoms with Crippen LogP contribution >= 0.6 is 11.3 Å². The Hall–Kier alpha value is -2.22. The fourth-order valence-electron chi connectivity index (χ4n) is 2.42. The normalized spacial score (nSPS) is 12.3. The van der Waals surface area contributed by atoms with Crippen molar-refractivity contribution in [2.75, 3.05) is 6.54 Å². The van der Waals surface area contributed by atoms with E-state index in [2.05, 4.69) is 10.3 Å². The molecule has 124 valence electrons. The van der Waals surface area contributed by atoms with E-state index in [4.69, 9.17) is 5.11 Å². The summed E-state index contributed by atoms with van der Waals surface area (Å²) in [5.41, 5.74) is 0.643. The molecule has 2 rings (SSSR count). The van der Waals surface area contributed by atoms with E-state index in [-0.39, 0.29) is 18.5 Å². The molecule has 0 radical (unpaired) electrons. The largest absolute Gasteiger partial charge is 0.481 e. The highest BCUT2D eigenvalue weighted by molar-refractivity contribution is 7.18. The molecule has 0 aliphatic carbocycles. The van der Waals surface area contributed by atoms with Crippen molar-refractivity contribution in [1.29, 1.82) is 0 Å². The minimum absolute atomic E-state index is 0.0264. The van der Waals surface area contributed by atoms with Gasteiger partial charge in [0.1, 0.15) is 16.7 Å². The number of carbonyl (C=O) groups excluding carboxylic acids is 1. The molecule has 1 unspecified atom stereocenters. The fraction of sp³-hybridized carbons (Fsp3) is 0.467. The van der Waals surface area contributed by atoms with Crippen LogP contribution in [0.2, 0.25) is 0 Å². The summed E-state index contributed by atoms with van der Waals surface area (Å²) in [6.07, 6.45) is -0.160. The van der Waals surface area contributed by atoms with Crippen molar-refractivity contribution in [3.05, 3.63) is 26.6 Å². The van der Waals surface area contributed by atoms with Crippen LogP contribution in [0.4, 0.5) is 0 Å². The van der Waals surface area contributed by atoms with Crippen LogP contribution in [0.1, 0.15) is 35.7 Å². The van der Waals surface area contributed by atoms with Gasteiger partial charge in [0.05, 0.1) is 11.8 Å². The van der Waals surface area contributed by atoms with Crippen LogP contribution in [0.3, 0.4) is 0 Å². The van der Waals surface area contributed by atoms with E-state index in [1.807, 2.05) is 13.8 Å². The van der Waals surface area contributed by atoms with Gasteiger partial charge < -0.3 is 10.4 Å². The maximum absolute atomic E-state index is 12.8. The average molecular weight is 337 g/mol. The van der Waals surface area contributed by atoms with Crippen LogP contribution in [0.25, 0.3) is 10.2 Å². The Morgan fingerprint density at radius 1 is 1.35 bits per heavy atom. The Balaban J connectivity index is 2.38. The SMILES string of the molecule is Cc1sc2nc(C)n(C(C)C(=O)NCCC(=O)O)c(=O)c2c1C. The second kappa shape index (κ2) is 6.49. The lowest BCUT2D eigenvalue weighted by Gasteiger charge is -2.17.